The van der Waals surface area contributed by atoms with Gasteiger partial charge < -0.3 is 64.0 Å². The van der Waals surface area contributed by atoms with Crippen LogP contribution >= 0.6 is 12.6 Å². The topological polar surface area (TPSA) is 490 Å². The Bertz CT molecular complexity index is 2860. The number of hydrogen-bond acceptors (Lipinski definition) is 21. The summed E-state index contributed by atoms with van der Waals surface area (Å²) in [4.78, 5) is 131. The van der Waals surface area contributed by atoms with Crippen LogP contribution in [0, 0.1) is 0 Å². The smallest absolute Gasteiger partial charge is 0.326 e. The van der Waals surface area contributed by atoms with Gasteiger partial charge in [-0.2, -0.15) is 22.6 Å². The standard InChI is InChI=1S/2C19H19N7O6.C4H9NO2S/c2*20-19-25-15-14(17(30)26-19)23-11(8-22-15)7-21-10-3-1-9(2-4-10)16(29)24-12(18(31)32)5-6-13(27)28;5-3(1-2-8)4(6)7/h2*1-4,8,12,21H,5-7H2,(H,24,29)(H,27,28)(H,31,32)(H3,20,22,25,26,30);3,8H,1-2,5H2,(H,6,7)/t;;3-/m..0/s1. The summed E-state index contributed by atoms with van der Waals surface area (Å²) in [7, 11) is 0. The molecule has 4 heterocycles. The number of aromatic nitrogens is 8. The number of benzene rings is 2. The van der Waals surface area contributed by atoms with Gasteiger partial charge in [0.15, 0.2) is 22.3 Å². The molecule has 72 heavy (non-hydrogen) atoms. The molecule has 0 aliphatic carbocycles. The van der Waals surface area contributed by atoms with Crippen LogP contribution in [0.5, 0.6) is 0 Å². The molecule has 0 radical (unpaired) electrons. The summed E-state index contributed by atoms with van der Waals surface area (Å²) < 4.78 is 0. The largest absolute Gasteiger partial charge is 0.481 e. The Hall–Kier alpha value is -9.32. The highest BCUT2D eigenvalue weighted by atomic mass is 32.1. The van der Waals surface area contributed by atoms with Gasteiger partial charge in [-0.05, 0) is 73.5 Å². The zero-order valence-corrected chi connectivity index (χ0v) is 38.3. The summed E-state index contributed by atoms with van der Waals surface area (Å²) in [6.45, 7) is 0.461. The van der Waals surface area contributed by atoms with Crippen LogP contribution in [0.3, 0.4) is 0 Å². The molecule has 0 fully saturated rings. The van der Waals surface area contributed by atoms with Crippen LogP contribution in [-0.4, -0.2) is 131 Å². The number of carboxylic acid groups (broad SMARTS) is 5. The minimum Gasteiger partial charge on any atom is -0.481 e. The van der Waals surface area contributed by atoms with Crippen molar-refractivity contribution in [3.8, 4) is 0 Å². The van der Waals surface area contributed by atoms with E-state index in [2.05, 4.69) is 73.8 Å². The lowest BCUT2D eigenvalue weighted by atomic mass is 10.1. The minimum absolute atomic E-state index is 0.0524. The number of nitrogen functional groups attached to an aromatic ring is 2. The highest BCUT2D eigenvalue weighted by molar-refractivity contribution is 7.80. The number of carbonyl (C=O) groups excluding carboxylic acids is 2. The van der Waals surface area contributed by atoms with Gasteiger partial charge in [0.2, 0.25) is 11.9 Å². The minimum atomic E-state index is -1.31. The van der Waals surface area contributed by atoms with Crippen molar-refractivity contribution in [2.75, 3.05) is 27.9 Å². The molecule has 6 rings (SSSR count). The third-order valence-electron chi connectivity index (χ3n) is 9.47. The van der Waals surface area contributed by atoms with E-state index in [9.17, 15) is 43.2 Å². The van der Waals surface area contributed by atoms with Crippen molar-refractivity contribution in [1.82, 2.24) is 50.5 Å². The highest BCUT2D eigenvalue weighted by Crippen LogP contribution is 2.14. The molecule has 29 nitrogen and oxygen atoms in total. The number of nitrogens with two attached hydrogens (primary N) is 3. The number of aromatic amines is 2. The van der Waals surface area contributed by atoms with E-state index in [1.807, 2.05) is 0 Å². The van der Waals surface area contributed by atoms with Crippen LogP contribution in [0.25, 0.3) is 22.3 Å². The number of amides is 2. The average molecular weight is 1020 g/mol. The molecule has 3 atom stereocenters. The first-order chi connectivity index (χ1) is 34.1. The molecule has 0 aliphatic rings. The van der Waals surface area contributed by atoms with Gasteiger partial charge >= 0.3 is 29.8 Å². The van der Waals surface area contributed by atoms with Crippen LogP contribution in [0.4, 0.5) is 23.3 Å². The molecule has 6 aromatic rings. The van der Waals surface area contributed by atoms with Gasteiger partial charge in [0, 0.05) is 35.3 Å². The number of thiol groups is 1. The molecule has 2 unspecified atom stereocenters. The third kappa shape index (κ3) is 17.3. The summed E-state index contributed by atoms with van der Waals surface area (Å²) in [6.07, 6.45) is 2.11. The van der Waals surface area contributed by atoms with Crippen molar-refractivity contribution in [3.05, 3.63) is 104 Å². The molecule has 2 aromatic carbocycles. The van der Waals surface area contributed by atoms with Gasteiger partial charge in [-0.25, -0.2) is 29.5 Å². The molecular weight excluding hydrogens is 971 g/mol. The average Bonchev–Trinajstić information content (AvgIpc) is 3.33. The molecule has 0 saturated carbocycles. The first-order valence-corrected chi connectivity index (χ1v) is 21.6. The predicted octanol–water partition coefficient (Wildman–Crippen LogP) is -0.371. The molecule has 4 aromatic heterocycles. The SMILES string of the molecule is N[C@@H](CCS)C(=O)O.Nc1nc2ncc(CNc3ccc(C(=O)NC(CCC(=O)O)C(=O)O)cc3)nc2c(=O)[nH]1.Nc1nc2ncc(CNc3ccc(C(=O)NC(CCC(=O)O)C(=O)O)cc3)nc2c(=O)[nH]1. The Morgan fingerprint density at radius 1 is 0.569 bits per heavy atom. The summed E-state index contributed by atoms with van der Waals surface area (Å²) >= 11 is 3.81. The fraction of sp³-hybridized carbons (Fsp3) is 0.262. The van der Waals surface area contributed by atoms with E-state index in [-0.39, 0.29) is 84.1 Å². The number of fused-ring (bicyclic) bond motifs is 2. The van der Waals surface area contributed by atoms with Crippen molar-refractivity contribution >= 4 is 99.9 Å². The van der Waals surface area contributed by atoms with Crippen molar-refractivity contribution in [2.45, 2.75) is 63.3 Å². The Morgan fingerprint density at radius 3 is 1.25 bits per heavy atom. The quantitative estimate of drug-likeness (QED) is 0.0409. The molecule has 0 spiro atoms. The van der Waals surface area contributed by atoms with E-state index in [4.69, 9.17) is 42.7 Å². The monoisotopic (exact) mass is 1020 g/mol. The normalized spacial score (nSPS) is 11.8. The van der Waals surface area contributed by atoms with E-state index in [0.29, 0.717) is 34.9 Å². The zero-order chi connectivity index (χ0) is 53.1. The van der Waals surface area contributed by atoms with Gasteiger partial charge in [0.25, 0.3) is 22.9 Å². The summed E-state index contributed by atoms with van der Waals surface area (Å²) in [6, 6.07) is 8.98. The second-order valence-electron chi connectivity index (χ2n) is 14.9. The molecule has 0 aliphatic heterocycles. The molecule has 17 N–H and O–H groups in total. The third-order valence-corrected chi connectivity index (χ3v) is 9.73. The lowest BCUT2D eigenvalue weighted by Crippen LogP contribution is -2.41. The molecule has 0 bridgehead atoms. The van der Waals surface area contributed by atoms with Gasteiger partial charge in [0.1, 0.15) is 18.1 Å². The van der Waals surface area contributed by atoms with Gasteiger partial charge in [-0.1, -0.05) is 0 Å². The molecule has 380 valence electrons. The molecule has 30 heteroatoms. The lowest BCUT2D eigenvalue weighted by Gasteiger charge is -2.14. The number of nitrogens with zero attached hydrogens (tertiary/aromatic N) is 6. The number of aliphatic carboxylic acids is 5. The number of carbonyl (C=O) groups is 7. The van der Waals surface area contributed by atoms with E-state index < -0.39 is 70.9 Å². The zero-order valence-electron chi connectivity index (χ0n) is 37.4. The first kappa shape index (κ1) is 55.3. The summed E-state index contributed by atoms with van der Waals surface area (Å²) in [5, 5.41) is 54.5. The van der Waals surface area contributed by atoms with Gasteiger partial charge in [-0.3, -0.25) is 43.5 Å². The molecule has 0 saturated heterocycles. The van der Waals surface area contributed by atoms with E-state index in [0.717, 1.165) is 0 Å². The van der Waals surface area contributed by atoms with E-state index in [1.165, 1.54) is 36.7 Å². The van der Waals surface area contributed by atoms with Gasteiger partial charge in [-0.15, -0.1) is 0 Å². The number of anilines is 4. The number of nitrogens with one attached hydrogen (secondary N) is 6. The fourth-order valence-corrected chi connectivity index (χ4v) is 6.05. The van der Waals surface area contributed by atoms with E-state index >= 15 is 0 Å². The van der Waals surface area contributed by atoms with Crippen LogP contribution in [0.1, 0.15) is 64.2 Å². The maximum Gasteiger partial charge on any atom is 0.326 e. The second kappa shape index (κ2) is 26.4. The predicted molar refractivity (Wildman–Crippen MR) is 258 cm³/mol. The van der Waals surface area contributed by atoms with Crippen molar-refractivity contribution in [3.63, 3.8) is 0 Å². The lowest BCUT2D eigenvalue weighted by molar-refractivity contribution is -0.142. The fourth-order valence-electron chi connectivity index (χ4n) is 5.77. The molecule has 2 amide bonds. The highest BCUT2D eigenvalue weighted by Gasteiger charge is 2.23. The Morgan fingerprint density at radius 2 is 0.944 bits per heavy atom. The van der Waals surface area contributed by atoms with Crippen LogP contribution in [0.2, 0.25) is 0 Å². The van der Waals surface area contributed by atoms with Crippen molar-refractivity contribution in [1.29, 1.82) is 0 Å². The maximum absolute atomic E-state index is 12.3. The van der Waals surface area contributed by atoms with E-state index in [1.54, 1.807) is 24.3 Å². The second-order valence-corrected chi connectivity index (χ2v) is 15.3. The number of H-pyrrole nitrogens is 2. The van der Waals surface area contributed by atoms with Gasteiger partial charge in [0.05, 0.1) is 36.9 Å². The summed E-state index contributed by atoms with van der Waals surface area (Å²) in [5.41, 5.74) is 18.0. The Labute approximate surface area is 409 Å². The number of carboxylic acids is 5. The number of rotatable bonds is 21. The Balaban J connectivity index is 0.000000271. The molecular formula is C42H47N15O14S. The maximum atomic E-state index is 12.3. The number of hydrogen-bond donors (Lipinski definition) is 15. The van der Waals surface area contributed by atoms with Crippen molar-refractivity contribution in [2.24, 2.45) is 5.73 Å². The summed E-state index contributed by atoms with van der Waals surface area (Å²) in [5.74, 6) is -6.75. The Kier molecular flexibility index (Phi) is 20.3. The van der Waals surface area contributed by atoms with Crippen LogP contribution < -0.4 is 49.6 Å². The first-order valence-electron chi connectivity index (χ1n) is 20.9. The van der Waals surface area contributed by atoms with Crippen LogP contribution in [-0.2, 0) is 37.1 Å². The van der Waals surface area contributed by atoms with Crippen LogP contribution in [0.15, 0.2) is 70.5 Å². The van der Waals surface area contributed by atoms with Crippen molar-refractivity contribution < 1.29 is 59.1 Å².